The minimum Gasteiger partial charge on any atom is -0.382 e. The van der Waals surface area contributed by atoms with Gasteiger partial charge in [0.25, 0.3) is 0 Å². The average Bonchev–Trinajstić information content (AvgIpc) is 2.28. The summed E-state index contributed by atoms with van der Waals surface area (Å²) < 4.78 is 1.50. The van der Waals surface area contributed by atoms with Gasteiger partial charge in [0.2, 0.25) is 0 Å². The van der Waals surface area contributed by atoms with E-state index in [1.54, 1.807) is 0 Å². The van der Waals surface area contributed by atoms with Crippen molar-refractivity contribution in [3.8, 4) is 0 Å². The molecule has 4 nitrogen and oxygen atoms in total. The summed E-state index contributed by atoms with van der Waals surface area (Å²) in [4.78, 5) is 3.76. The predicted molar refractivity (Wildman–Crippen MR) is 47.0 cm³/mol. The second-order valence-electron chi connectivity index (χ2n) is 2.12. The van der Waals surface area contributed by atoms with E-state index in [9.17, 15) is 0 Å². The number of hydrogen-bond donors (Lipinski definition) is 1. The van der Waals surface area contributed by atoms with Crippen molar-refractivity contribution in [2.75, 3.05) is 5.73 Å². The van der Waals surface area contributed by atoms with Gasteiger partial charge in [0.15, 0.2) is 11.6 Å². The quantitative estimate of drug-likeness (QED) is 0.644. The first-order chi connectivity index (χ1) is 5.20. The van der Waals surface area contributed by atoms with Gasteiger partial charge in [0.1, 0.15) is 0 Å². The second kappa shape index (κ2) is 2.57. The monoisotopic (exact) mass is 150 g/mol. The van der Waals surface area contributed by atoms with Gasteiger partial charge in [-0.05, 0) is 13.6 Å². The number of anilines is 1. The van der Waals surface area contributed by atoms with E-state index < -0.39 is 0 Å². The summed E-state index contributed by atoms with van der Waals surface area (Å²) >= 11 is 0. The summed E-state index contributed by atoms with van der Waals surface area (Å²) in [5.41, 5.74) is 6.36. The van der Waals surface area contributed by atoms with Crippen LogP contribution < -0.4 is 5.73 Å². The zero-order valence-corrected chi connectivity index (χ0v) is 6.41. The van der Waals surface area contributed by atoms with Crippen LogP contribution in [-0.2, 0) is 0 Å². The Kier molecular flexibility index (Phi) is 1.76. The SMILES string of the molecule is C=Cn1nc(N)c(C)c1N=C. The lowest BCUT2D eigenvalue weighted by molar-refractivity contribution is 0.941. The van der Waals surface area contributed by atoms with Crippen LogP contribution in [0.15, 0.2) is 11.6 Å². The molecule has 0 fully saturated rings. The minimum atomic E-state index is 0.465. The Morgan fingerprint density at radius 2 is 2.36 bits per heavy atom. The molecule has 0 atom stereocenters. The predicted octanol–water partition coefficient (Wildman–Crippen LogP) is 1.21. The fraction of sp³-hybridized carbons (Fsp3) is 0.143. The lowest BCUT2D eigenvalue weighted by Crippen LogP contribution is -1.89. The molecule has 2 N–H and O–H groups in total. The highest BCUT2D eigenvalue weighted by Gasteiger charge is 2.07. The highest BCUT2D eigenvalue weighted by atomic mass is 15.3. The Morgan fingerprint density at radius 3 is 2.73 bits per heavy atom. The molecule has 11 heavy (non-hydrogen) atoms. The van der Waals surface area contributed by atoms with Crippen LogP contribution in [0.2, 0.25) is 0 Å². The van der Waals surface area contributed by atoms with E-state index in [1.807, 2.05) is 6.92 Å². The van der Waals surface area contributed by atoms with E-state index in [4.69, 9.17) is 5.73 Å². The molecule has 0 aliphatic rings. The Morgan fingerprint density at radius 1 is 1.73 bits per heavy atom. The molecular weight excluding hydrogens is 140 g/mol. The summed E-state index contributed by atoms with van der Waals surface area (Å²) in [6, 6.07) is 0. The van der Waals surface area contributed by atoms with Crippen molar-refractivity contribution in [3.05, 3.63) is 12.1 Å². The molecule has 4 heteroatoms. The minimum absolute atomic E-state index is 0.465. The first-order valence-corrected chi connectivity index (χ1v) is 3.14. The van der Waals surface area contributed by atoms with E-state index in [1.165, 1.54) is 10.9 Å². The number of aliphatic imine (C=N–C) groups is 1. The fourth-order valence-electron chi connectivity index (χ4n) is 0.843. The maximum Gasteiger partial charge on any atom is 0.159 e. The van der Waals surface area contributed by atoms with Crippen LogP contribution in [0, 0.1) is 6.92 Å². The Bertz CT molecular complexity index is 298. The van der Waals surface area contributed by atoms with Crippen LogP contribution in [0.25, 0.3) is 6.20 Å². The van der Waals surface area contributed by atoms with Gasteiger partial charge >= 0.3 is 0 Å². The van der Waals surface area contributed by atoms with Gasteiger partial charge in [-0.15, -0.1) is 5.10 Å². The third-order valence-corrected chi connectivity index (χ3v) is 1.47. The van der Waals surface area contributed by atoms with Gasteiger partial charge in [-0.2, -0.15) is 0 Å². The molecular formula is C7H10N4. The first-order valence-electron chi connectivity index (χ1n) is 3.14. The van der Waals surface area contributed by atoms with Crippen molar-refractivity contribution in [1.29, 1.82) is 0 Å². The molecule has 0 radical (unpaired) electrons. The van der Waals surface area contributed by atoms with Crippen molar-refractivity contribution in [3.63, 3.8) is 0 Å². The van der Waals surface area contributed by atoms with Crippen LogP contribution in [0.3, 0.4) is 0 Å². The molecule has 0 amide bonds. The van der Waals surface area contributed by atoms with Crippen LogP contribution >= 0.6 is 0 Å². The van der Waals surface area contributed by atoms with Crippen molar-refractivity contribution in [2.45, 2.75) is 6.92 Å². The zero-order valence-electron chi connectivity index (χ0n) is 6.41. The Balaban J connectivity index is 3.37. The molecule has 0 saturated heterocycles. The summed E-state index contributed by atoms with van der Waals surface area (Å²) in [6.45, 7) is 8.79. The van der Waals surface area contributed by atoms with E-state index in [2.05, 4.69) is 23.4 Å². The van der Waals surface area contributed by atoms with E-state index in [0.717, 1.165) is 5.56 Å². The van der Waals surface area contributed by atoms with Gasteiger partial charge in [-0.3, -0.25) is 0 Å². The van der Waals surface area contributed by atoms with Gasteiger partial charge in [-0.25, -0.2) is 9.67 Å². The van der Waals surface area contributed by atoms with Crippen molar-refractivity contribution < 1.29 is 0 Å². The lowest BCUT2D eigenvalue weighted by Gasteiger charge is -1.92. The van der Waals surface area contributed by atoms with Crippen LogP contribution in [0.4, 0.5) is 11.6 Å². The molecule has 58 valence electrons. The summed E-state index contributed by atoms with van der Waals surface area (Å²) in [5.74, 6) is 1.12. The van der Waals surface area contributed by atoms with E-state index >= 15 is 0 Å². The average molecular weight is 150 g/mol. The molecule has 1 rings (SSSR count). The third kappa shape index (κ3) is 1.02. The fourth-order valence-corrected chi connectivity index (χ4v) is 0.843. The maximum atomic E-state index is 5.53. The molecule has 0 aliphatic heterocycles. The standard InChI is InChI=1S/C7H10N4/c1-4-11-7(9-3)5(2)6(8)10-11/h4H,1,3H2,2H3,(H2,8,10). The molecule has 0 saturated carbocycles. The van der Waals surface area contributed by atoms with Gasteiger partial charge in [0, 0.05) is 11.8 Å². The molecule has 1 aromatic rings. The van der Waals surface area contributed by atoms with Gasteiger partial charge in [0.05, 0.1) is 0 Å². The second-order valence-corrected chi connectivity index (χ2v) is 2.12. The number of nitrogen functional groups attached to an aromatic ring is 1. The third-order valence-electron chi connectivity index (χ3n) is 1.47. The Hall–Kier alpha value is -1.58. The number of nitrogens with zero attached hydrogens (tertiary/aromatic N) is 3. The number of nitrogens with two attached hydrogens (primary N) is 1. The summed E-state index contributed by atoms with van der Waals surface area (Å²) in [6.07, 6.45) is 1.54. The highest BCUT2D eigenvalue weighted by molar-refractivity contribution is 5.58. The van der Waals surface area contributed by atoms with Crippen molar-refractivity contribution in [1.82, 2.24) is 9.78 Å². The molecule has 0 aromatic carbocycles. The van der Waals surface area contributed by atoms with E-state index in [-0.39, 0.29) is 0 Å². The van der Waals surface area contributed by atoms with Gasteiger partial charge < -0.3 is 5.73 Å². The molecule has 0 unspecified atom stereocenters. The van der Waals surface area contributed by atoms with E-state index in [0.29, 0.717) is 11.6 Å². The van der Waals surface area contributed by atoms with Crippen molar-refractivity contribution in [2.24, 2.45) is 4.99 Å². The maximum absolute atomic E-state index is 5.53. The Labute approximate surface area is 65.0 Å². The molecule has 0 bridgehead atoms. The van der Waals surface area contributed by atoms with Crippen LogP contribution in [0.1, 0.15) is 5.56 Å². The molecule has 1 heterocycles. The largest absolute Gasteiger partial charge is 0.382 e. The smallest absolute Gasteiger partial charge is 0.159 e. The van der Waals surface area contributed by atoms with Crippen LogP contribution in [-0.4, -0.2) is 16.5 Å². The first kappa shape index (κ1) is 7.53. The van der Waals surface area contributed by atoms with Crippen molar-refractivity contribution >= 4 is 24.6 Å². The molecule has 0 spiro atoms. The van der Waals surface area contributed by atoms with Gasteiger partial charge in [-0.1, -0.05) is 6.58 Å². The topological polar surface area (TPSA) is 56.2 Å². The summed E-state index contributed by atoms with van der Waals surface area (Å²) in [7, 11) is 0. The lowest BCUT2D eigenvalue weighted by atomic mass is 10.3. The number of rotatable bonds is 2. The number of aromatic nitrogens is 2. The molecule has 0 aliphatic carbocycles. The normalized spacial score (nSPS) is 9.55. The van der Waals surface area contributed by atoms with Crippen LogP contribution in [0.5, 0.6) is 0 Å². The molecule has 1 aromatic heterocycles. The summed E-state index contributed by atoms with van der Waals surface area (Å²) in [5, 5.41) is 3.94. The number of hydrogen-bond acceptors (Lipinski definition) is 3. The highest BCUT2D eigenvalue weighted by Crippen LogP contribution is 2.22. The zero-order chi connectivity index (χ0) is 8.43.